The van der Waals surface area contributed by atoms with E-state index >= 15 is 0 Å². The number of benzene rings is 8. The van der Waals surface area contributed by atoms with Gasteiger partial charge in [-0.15, -0.1) is 0 Å². The highest BCUT2D eigenvalue weighted by molar-refractivity contribution is 6.11. The highest BCUT2D eigenvalue weighted by Gasteiger charge is 2.20. The monoisotopic (exact) mass is 772 g/mol. The number of para-hydroxylation sites is 1. The standard InChI is InChI=1S/C55H40N4O/c1-33-24-34(2)27-41(26-33)53-56-54(42-28-35(3)25-36(4)29-42)58-55(57-53)59-49-17-11-10-16-45(49)46-21-18-38(30-50(46)59)39-19-22-47-48-23-20-40(32-52(48)60-51(47)31-39)44-15-9-8-14-43(44)37-12-6-5-7-13-37/h5-32H,1-4H3. The van der Waals surface area contributed by atoms with Gasteiger partial charge in [0.15, 0.2) is 11.6 Å². The van der Waals surface area contributed by atoms with E-state index in [1.54, 1.807) is 0 Å². The lowest BCUT2D eigenvalue weighted by Gasteiger charge is -2.12. The van der Waals surface area contributed by atoms with Crippen molar-refractivity contribution in [2.45, 2.75) is 27.7 Å². The van der Waals surface area contributed by atoms with Gasteiger partial charge in [0.05, 0.1) is 11.0 Å². The summed E-state index contributed by atoms with van der Waals surface area (Å²) < 4.78 is 8.86. The lowest BCUT2D eigenvalue weighted by Crippen LogP contribution is -2.07. The van der Waals surface area contributed by atoms with Crippen molar-refractivity contribution in [3.8, 4) is 62.1 Å². The Morgan fingerprint density at radius 1 is 0.350 bits per heavy atom. The summed E-state index contributed by atoms with van der Waals surface area (Å²) in [4.78, 5) is 15.6. The molecule has 0 saturated carbocycles. The molecule has 0 unspecified atom stereocenters. The Kier molecular flexibility index (Phi) is 8.31. The van der Waals surface area contributed by atoms with E-state index in [0.29, 0.717) is 17.6 Å². The molecule has 0 spiro atoms. The summed E-state index contributed by atoms with van der Waals surface area (Å²) in [6.45, 7) is 8.46. The summed E-state index contributed by atoms with van der Waals surface area (Å²) in [5.41, 5.74) is 17.2. The van der Waals surface area contributed by atoms with Gasteiger partial charge in [-0.05, 0) is 122 Å². The van der Waals surface area contributed by atoms with E-state index in [1.165, 1.54) is 16.7 Å². The van der Waals surface area contributed by atoms with Gasteiger partial charge in [0.25, 0.3) is 0 Å². The highest BCUT2D eigenvalue weighted by Crippen LogP contribution is 2.39. The van der Waals surface area contributed by atoms with Crippen LogP contribution in [0, 0.1) is 27.7 Å². The number of furan rings is 1. The molecule has 0 aliphatic carbocycles. The maximum Gasteiger partial charge on any atom is 0.238 e. The number of rotatable bonds is 6. The minimum absolute atomic E-state index is 0.578. The molecule has 8 aromatic carbocycles. The number of nitrogens with zero attached hydrogens (tertiary/aromatic N) is 4. The molecule has 3 heterocycles. The average molecular weight is 773 g/mol. The molecule has 0 N–H and O–H groups in total. The van der Waals surface area contributed by atoms with Crippen molar-refractivity contribution in [2.75, 3.05) is 0 Å². The number of hydrogen-bond acceptors (Lipinski definition) is 4. The van der Waals surface area contributed by atoms with Crippen molar-refractivity contribution < 1.29 is 4.42 Å². The molecule has 0 aliphatic heterocycles. The van der Waals surface area contributed by atoms with Crippen molar-refractivity contribution in [3.63, 3.8) is 0 Å². The summed E-state index contributed by atoms with van der Waals surface area (Å²) >= 11 is 0. The lowest BCUT2D eigenvalue weighted by molar-refractivity contribution is 0.669. The Morgan fingerprint density at radius 2 is 0.833 bits per heavy atom. The predicted molar refractivity (Wildman–Crippen MR) is 248 cm³/mol. The number of hydrogen-bond donors (Lipinski definition) is 0. The quantitative estimate of drug-likeness (QED) is 0.169. The van der Waals surface area contributed by atoms with Gasteiger partial charge >= 0.3 is 0 Å². The Morgan fingerprint density at radius 3 is 1.47 bits per heavy atom. The van der Waals surface area contributed by atoms with Crippen LogP contribution in [0.2, 0.25) is 0 Å². The van der Waals surface area contributed by atoms with Gasteiger partial charge in [-0.3, -0.25) is 4.57 Å². The van der Waals surface area contributed by atoms with Gasteiger partial charge in [0.2, 0.25) is 5.95 Å². The summed E-state index contributed by atoms with van der Waals surface area (Å²) in [6, 6.07) is 60.4. The summed E-state index contributed by atoms with van der Waals surface area (Å²) in [7, 11) is 0. The van der Waals surface area contributed by atoms with Crippen molar-refractivity contribution in [2.24, 2.45) is 0 Å². The van der Waals surface area contributed by atoms with Crippen LogP contribution in [0.5, 0.6) is 0 Å². The van der Waals surface area contributed by atoms with E-state index in [1.807, 2.05) is 0 Å². The van der Waals surface area contributed by atoms with Crippen LogP contribution in [0.25, 0.3) is 106 Å². The largest absolute Gasteiger partial charge is 0.456 e. The van der Waals surface area contributed by atoms with Crippen LogP contribution in [0.1, 0.15) is 22.3 Å². The van der Waals surface area contributed by atoms with Gasteiger partial charge in [-0.1, -0.05) is 131 Å². The molecule has 5 heteroatoms. The Bertz CT molecular complexity index is 3370. The van der Waals surface area contributed by atoms with Gasteiger partial charge in [0.1, 0.15) is 11.2 Å². The molecule has 3 aromatic heterocycles. The molecule has 0 fully saturated rings. The van der Waals surface area contributed by atoms with Crippen LogP contribution in [0.3, 0.4) is 0 Å². The Labute approximate surface area is 348 Å². The fourth-order valence-electron chi connectivity index (χ4n) is 9.02. The van der Waals surface area contributed by atoms with E-state index in [-0.39, 0.29) is 0 Å². The van der Waals surface area contributed by atoms with Crippen LogP contribution in [0.15, 0.2) is 174 Å². The van der Waals surface area contributed by atoms with Gasteiger partial charge in [-0.2, -0.15) is 9.97 Å². The van der Waals surface area contributed by atoms with Crippen LogP contribution < -0.4 is 0 Å². The third-order valence-electron chi connectivity index (χ3n) is 11.6. The number of aryl methyl sites for hydroxylation is 4. The first-order valence-corrected chi connectivity index (χ1v) is 20.4. The molecule has 0 radical (unpaired) electrons. The van der Waals surface area contributed by atoms with Gasteiger partial charge in [0, 0.05) is 32.7 Å². The third kappa shape index (κ3) is 6.14. The first-order valence-electron chi connectivity index (χ1n) is 20.4. The van der Waals surface area contributed by atoms with Crippen LogP contribution in [-0.4, -0.2) is 19.5 Å². The molecular weight excluding hydrogens is 733 g/mol. The molecule has 11 rings (SSSR count). The zero-order valence-electron chi connectivity index (χ0n) is 33.9. The zero-order chi connectivity index (χ0) is 40.5. The van der Waals surface area contributed by atoms with Crippen LogP contribution in [-0.2, 0) is 0 Å². The molecule has 0 atom stereocenters. The zero-order valence-corrected chi connectivity index (χ0v) is 33.9. The molecule has 11 aromatic rings. The molecule has 60 heavy (non-hydrogen) atoms. The van der Waals surface area contributed by atoms with E-state index < -0.39 is 0 Å². The fourth-order valence-corrected chi connectivity index (χ4v) is 9.02. The van der Waals surface area contributed by atoms with Gasteiger partial charge in [-0.25, -0.2) is 4.98 Å². The lowest BCUT2D eigenvalue weighted by atomic mass is 9.94. The molecule has 0 aliphatic rings. The summed E-state index contributed by atoms with van der Waals surface area (Å²) in [5, 5.41) is 4.46. The van der Waals surface area contributed by atoms with E-state index in [2.05, 4.69) is 202 Å². The SMILES string of the molecule is Cc1cc(C)cc(-c2nc(-c3cc(C)cc(C)c3)nc(-n3c4ccccc4c4ccc(-c5ccc6c(c5)oc5cc(-c7ccccc7-c7ccccc7)ccc56)cc43)n2)c1. The fraction of sp³-hybridized carbons (Fsp3) is 0.0727. The minimum Gasteiger partial charge on any atom is -0.456 e. The molecule has 0 bridgehead atoms. The number of aromatic nitrogens is 4. The van der Waals surface area contributed by atoms with E-state index in [9.17, 15) is 0 Å². The molecule has 5 nitrogen and oxygen atoms in total. The summed E-state index contributed by atoms with van der Waals surface area (Å²) in [5.74, 6) is 1.87. The van der Waals surface area contributed by atoms with Crippen LogP contribution in [0.4, 0.5) is 0 Å². The molecule has 286 valence electrons. The van der Waals surface area contributed by atoms with Gasteiger partial charge < -0.3 is 4.42 Å². The van der Waals surface area contributed by atoms with Crippen molar-refractivity contribution >= 4 is 43.7 Å². The second-order valence-electron chi connectivity index (χ2n) is 16.1. The first kappa shape index (κ1) is 35.5. The average Bonchev–Trinajstić information content (AvgIpc) is 3.80. The first-order chi connectivity index (χ1) is 29.3. The van der Waals surface area contributed by atoms with Crippen molar-refractivity contribution in [3.05, 3.63) is 192 Å². The van der Waals surface area contributed by atoms with E-state index in [4.69, 9.17) is 19.4 Å². The smallest absolute Gasteiger partial charge is 0.238 e. The van der Waals surface area contributed by atoms with E-state index in [0.717, 1.165) is 93.8 Å². The second kappa shape index (κ2) is 14.0. The van der Waals surface area contributed by atoms with Crippen molar-refractivity contribution in [1.29, 1.82) is 0 Å². The van der Waals surface area contributed by atoms with Crippen molar-refractivity contribution in [1.82, 2.24) is 19.5 Å². The molecular formula is C55H40N4O. The summed E-state index contributed by atoms with van der Waals surface area (Å²) in [6.07, 6.45) is 0. The number of fused-ring (bicyclic) bond motifs is 6. The molecule has 0 saturated heterocycles. The normalized spacial score (nSPS) is 11.7. The second-order valence-corrected chi connectivity index (χ2v) is 16.1. The topological polar surface area (TPSA) is 56.7 Å². The predicted octanol–water partition coefficient (Wildman–Crippen LogP) is 14.4. The maximum absolute atomic E-state index is 6.66. The Balaban J connectivity index is 1.06. The Hall–Kier alpha value is -7.63. The molecule has 0 amide bonds. The minimum atomic E-state index is 0.578. The maximum atomic E-state index is 6.66. The van der Waals surface area contributed by atoms with Crippen LogP contribution >= 0.6 is 0 Å². The highest BCUT2D eigenvalue weighted by atomic mass is 16.3. The third-order valence-corrected chi connectivity index (χ3v) is 11.6.